The summed E-state index contributed by atoms with van der Waals surface area (Å²) in [5, 5.41) is 0. The molecule has 2 aliphatic rings. The van der Waals surface area contributed by atoms with Gasteiger partial charge in [0.15, 0.2) is 0 Å². The normalized spacial score (nSPS) is 24.4. The van der Waals surface area contributed by atoms with E-state index in [-0.39, 0.29) is 5.91 Å². The number of hydrogen-bond donors (Lipinski definition) is 1. The second kappa shape index (κ2) is 4.87. The van der Waals surface area contributed by atoms with Gasteiger partial charge in [0, 0.05) is 18.3 Å². The Balaban J connectivity index is 1.95. The summed E-state index contributed by atoms with van der Waals surface area (Å²) in [7, 11) is 0. The van der Waals surface area contributed by atoms with Crippen LogP contribution in [0, 0.1) is 0 Å². The van der Waals surface area contributed by atoms with E-state index in [1.807, 2.05) is 18.2 Å². The summed E-state index contributed by atoms with van der Waals surface area (Å²) in [4.78, 5) is 14.8. The molecule has 1 atom stereocenters. The van der Waals surface area contributed by atoms with E-state index in [1.165, 1.54) is 19.3 Å². The second-order valence-corrected chi connectivity index (χ2v) is 5.96. The largest absolute Gasteiger partial charge is 0.398 e. The number of rotatable bonds is 1. The lowest BCUT2D eigenvalue weighted by molar-refractivity contribution is 0.0595. The summed E-state index contributed by atoms with van der Waals surface area (Å²) in [6, 6.07) is 6.27. The fraction of sp³-hybridized carbons (Fsp3) is 0.562. The number of carbonyl (C=O) groups excluding carboxylic acids is 1. The summed E-state index contributed by atoms with van der Waals surface area (Å²) in [5.74, 6) is 0.538. The lowest BCUT2D eigenvalue weighted by Gasteiger charge is -2.40. The highest BCUT2D eigenvalue weighted by Gasteiger charge is 2.34. The highest BCUT2D eigenvalue weighted by molar-refractivity contribution is 6.02. The van der Waals surface area contributed by atoms with Crippen molar-refractivity contribution >= 4 is 11.6 Å². The number of nitrogens with two attached hydrogens (primary N) is 1. The molecule has 1 unspecified atom stereocenters. The highest BCUT2D eigenvalue weighted by atomic mass is 16.2. The zero-order chi connectivity index (χ0) is 13.4. The van der Waals surface area contributed by atoms with Crippen molar-refractivity contribution in [1.29, 1.82) is 0 Å². The molecule has 1 aliphatic carbocycles. The first kappa shape index (κ1) is 12.5. The summed E-state index contributed by atoms with van der Waals surface area (Å²) >= 11 is 0. The average Bonchev–Trinajstić information content (AvgIpc) is 2.43. The van der Waals surface area contributed by atoms with Crippen LogP contribution in [0.5, 0.6) is 0 Å². The number of benzene rings is 1. The zero-order valence-corrected chi connectivity index (χ0v) is 11.6. The molecule has 3 nitrogen and oxygen atoms in total. The van der Waals surface area contributed by atoms with E-state index in [0.717, 1.165) is 30.5 Å². The molecule has 3 heteroatoms. The van der Waals surface area contributed by atoms with Gasteiger partial charge in [0.1, 0.15) is 0 Å². The average molecular weight is 258 g/mol. The standard InChI is InChI=1S/C16H22N2O/c1-11-10-18(12-6-3-2-4-7-12)16(19)15-13(11)8-5-9-14(15)17/h5,8-9,11-12H,2-4,6-7,10,17H2,1H3. The summed E-state index contributed by atoms with van der Waals surface area (Å²) in [6.45, 7) is 3.04. The van der Waals surface area contributed by atoms with Crippen molar-refractivity contribution in [2.75, 3.05) is 12.3 Å². The number of nitrogens with zero attached hydrogens (tertiary/aromatic N) is 1. The van der Waals surface area contributed by atoms with Gasteiger partial charge in [-0.2, -0.15) is 0 Å². The quantitative estimate of drug-likeness (QED) is 0.786. The molecule has 102 valence electrons. The van der Waals surface area contributed by atoms with Gasteiger partial charge in [-0.1, -0.05) is 38.3 Å². The number of anilines is 1. The molecule has 0 radical (unpaired) electrons. The van der Waals surface area contributed by atoms with Crippen LogP contribution in [0.15, 0.2) is 18.2 Å². The van der Waals surface area contributed by atoms with Gasteiger partial charge >= 0.3 is 0 Å². The SMILES string of the molecule is CC1CN(C2CCCCC2)C(=O)c2c(N)cccc21. The van der Waals surface area contributed by atoms with Crippen LogP contribution in [0.25, 0.3) is 0 Å². The molecule has 0 spiro atoms. The number of amides is 1. The number of hydrogen-bond acceptors (Lipinski definition) is 2. The molecule has 1 aromatic rings. The third-order valence-corrected chi connectivity index (χ3v) is 4.62. The van der Waals surface area contributed by atoms with Crippen molar-refractivity contribution in [2.45, 2.75) is 51.0 Å². The smallest absolute Gasteiger partial charge is 0.256 e. The van der Waals surface area contributed by atoms with Crippen molar-refractivity contribution in [3.05, 3.63) is 29.3 Å². The Bertz CT molecular complexity index is 492. The van der Waals surface area contributed by atoms with Crippen LogP contribution in [-0.4, -0.2) is 23.4 Å². The predicted molar refractivity (Wildman–Crippen MR) is 77.2 cm³/mol. The first-order chi connectivity index (χ1) is 9.18. The number of carbonyl (C=O) groups is 1. The van der Waals surface area contributed by atoms with Gasteiger partial charge < -0.3 is 10.6 Å². The minimum absolute atomic E-state index is 0.151. The lowest BCUT2D eigenvalue weighted by atomic mass is 9.86. The Morgan fingerprint density at radius 3 is 2.68 bits per heavy atom. The van der Waals surface area contributed by atoms with Gasteiger partial charge in [0.05, 0.1) is 5.56 Å². The van der Waals surface area contributed by atoms with Crippen molar-refractivity contribution in [1.82, 2.24) is 4.90 Å². The molecule has 1 aromatic carbocycles. The third-order valence-electron chi connectivity index (χ3n) is 4.62. The molecule has 0 aromatic heterocycles. The van der Waals surface area contributed by atoms with Crippen LogP contribution >= 0.6 is 0 Å². The molecular weight excluding hydrogens is 236 g/mol. The van der Waals surface area contributed by atoms with Crippen LogP contribution in [0.2, 0.25) is 0 Å². The molecule has 2 N–H and O–H groups in total. The van der Waals surface area contributed by atoms with Crippen molar-refractivity contribution in [3.63, 3.8) is 0 Å². The lowest BCUT2D eigenvalue weighted by Crippen LogP contribution is -2.46. The minimum Gasteiger partial charge on any atom is -0.398 e. The fourth-order valence-electron chi connectivity index (χ4n) is 3.57. The molecule has 0 bridgehead atoms. The molecule has 19 heavy (non-hydrogen) atoms. The second-order valence-electron chi connectivity index (χ2n) is 5.96. The number of fused-ring (bicyclic) bond motifs is 1. The maximum Gasteiger partial charge on any atom is 0.256 e. The van der Waals surface area contributed by atoms with Crippen molar-refractivity contribution in [2.24, 2.45) is 0 Å². The predicted octanol–water partition coefficient (Wildman–Crippen LogP) is 3.16. The summed E-state index contributed by atoms with van der Waals surface area (Å²) in [5.41, 5.74) is 8.55. The van der Waals surface area contributed by atoms with E-state index in [9.17, 15) is 4.79 Å². The van der Waals surface area contributed by atoms with Crippen LogP contribution < -0.4 is 5.73 Å². The Hall–Kier alpha value is -1.51. The molecule has 1 heterocycles. The van der Waals surface area contributed by atoms with E-state index < -0.39 is 0 Å². The Labute approximate surface area is 114 Å². The minimum atomic E-state index is 0.151. The fourth-order valence-corrected chi connectivity index (χ4v) is 3.57. The van der Waals surface area contributed by atoms with Gasteiger partial charge in [0.2, 0.25) is 0 Å². The van der Waals surface area contributed by atoms with Crippen LogP contribution in [-0.2, 0) is 0 Å². The molecule has 1 amide bonds. The number of nitrogen functional groups attached to an aromatic ring is 1. The van der Waals surface area contributed by atoms with Gasteiger partial charge in [-0.15, -0.1) is 0 Å². The van der Waals surface area contributed by atoms with Crippen molar-refractivity contribution in [3.8, 4) is 0 Å². The molecule has 1 saturated carbocycles. The van der Waals surface area contributed by atoms with E-state index in [2.05, 4.69) is 11.8 Å². The first-order valence-electron chi connectivity index (χ1n) is 7.38. The van der Waals surface area contributed by atoms with Crippen LogP contribution in [0.3, 0.4) is 0 Å². The van der Waals surface area contributed by atoms with E-state index in [1.54, 1.807) is 0 Å². The van der Waals surface area contributed by atoms with Gasteiger partial charge in [0.25, 0.3) is 5.91 Å². The summed E-state index contributed by atoms with van der Waals surface area (Å²) in [6.07, 6.45) is 6.12. The van der Waals surface area contributed by atoms with E-state index in [4.69, 9.17) is 5.73 Å². The molecule has 0 saturated heterocycles. The molecule has 1 aliphatic heterocycles. The molecule has 3 rings (SSSR count). The van der Waals surface area contributed by atoms with E-state index in [0.29, 0.717) is 17.6 Å². The van der Waals surface area contributed by atoms with Crippen LogP contribution in [0.1, 0.15) is 60.9 Å². The third kappa shape index (κ3) is 2.11. The van der Waals surface area contributed by atoms with Gasteiger partial charge in [-0.05, 0) is 30.4 Å². The monoisotopic (exact) mass is 258 g/mol. The van der Waals surface area contributed by atoms with E-state index >= 15 is 0 Å². The Morgan fingerprint density at radius 2 is 1.95 bits per heavy atom. The van der Waals surface area contributed by atoms with Gasteiger partial charge in [-0.25, -0.2) is 0 Å². The first-order valence-corrected chi connectivity index (χ1v) is 7.38. The molecular formula is C16H22N2O. The Morgan fingerprint density at radius 1 is 1.21 bits per heavy atom. The summed E-state index contributed by atoms with van der Waals surface area (Å²) < 4.78 is 0. The maximum absolute atomic E-state index is 12.7. The highest BCUT2D eigenvalue weighted by Crippen LogP contribution is 2.35. The topological polar surface area (TPSA) is 46.3 Å². The molecule has 1 fully saturated rings. The Kier molecular flexibility index (Phi) is 3.21. The van der Waals surface area contributed by atoms with Crippen LogP contribution in [0.4, 0.5) is 5.69 Å². The van der Waals surface area contributed by atoms with Gasteiger partial charge in [-0.3, -0.25) is 4.79 Å². The maximum atomic E-state index is 12.7. The van der Waals surface area contributed by atoms with Crippen molar-refractivity contribution < 1.29 is 4.79 Å². The zero-order valence-electron chi connectivity index (χ0n) is 11.6.